The zero-order valence-electron chi connectivity index (χ0n) is 7.93. The smallest absolute Gasteiger partial charge is 0.391 e. The SMILES string of the molecule is NC1OC(CO[P+](O)(O)O)CC(O)C1N. The topological polar surface area (TPSA) is 151 Å². The van der Waals surface area contributed by atoms with Gasteiger partial charge in [0.2, 0.25) is 0 Å². The molecule has 1 aliphatic rings. The largest absolute Gasteiger partial charge is 0.567 e. The molecule has 4 atom stereocenters. The van der Waals surface area contributed by atoms with Crippen molar-refractivity contribution < 1.29 is 29.0 Å². The van der Waals surface area contributed by atoms with Crippen LogP contribution in [0.25, 0.3) is 0 Å². The Kier molecular flexibility index (Phi) is 4.36. The Morgan fingerprint density at radius 1 is 1.33 bits per heavy atom. The molecule has 0 aliphatic carbocycles. The molecule has 1 aliphatic heterocycles. The van der Waals surface area contributed by atoms with Crippen molar-refractivity contribution in [3.8, 4) is 0 Å². The summed E-state index contributed by atoms with van der Waals surface area (Å²) in [7, 11) is -4.27. The van der Waals surface area contributed by atoms with Crippen molar-refractivity contribution >= 4 is 8.17 Å². The molecule has 1 rings (SSSR count). The zero-order valence-corrected chi connectivity index (χ0v) is 8.83. The Morgan fingerprint density at radius 2 is 1.93 bits per heavy atom. The van der Waals surface area contributed by atoms with E-state index in [0.29, 0.717) is 0 Å². The summed E-state index contributed by atoms with van der Waals surface area (Å²) in [6.07, 6.45) is -2.15. The van der Waals surface area contributed by atoms with E-state index in [1.54, 1.807) is 0 Å². The number of hydrogen-bond acceptors (Lipinski definition) is 8. The van der Waals surface area contributed by atoms with Crippen LogP contribution in [0.5, 0.6) is 0 Å². The summed E-state index contributed by atoms with van der Waals surface area (Å²) in [6.45, 7) is -0.269. The molecule has 0 saturated carbocycles. The highest BCUT2D eigenvalue weighted by atomic mass is 31.2. The Hall–Kier alpha value is 0.110. The normalized spacial score (nSPS) is 38.0. The molecule has 0 spiro atoms. The molecular formula is C6H16N2O6P+. The molecular weight excluding hydrogens is 227 g/mol. The van der Waals surface area contributed by atoms with E-state index in [4.69, 9.17) is 30.9 Å². The third kappa shape index (κ3) is 4.23. The third-order valence-corrected chi connectivity index (χ3v) is 2.61. The highest BCUT2D eigenvalue weighted by Gasteiger charge is 2.38. The number of ether oxygens (including phenoxy) is 1. The minimum absolute atomic E-state index is 0.162. The van der Waals surface area contributed by atoms with E-state index in [9.17, 15) is 5.11 Å². The molecule has 0 aromatic rings. The minimum Gasteiger partial charge on any atom is -0.391 e. The van der Waals surface area contributed by atoms with E-state index >= 15 is 0 Å². The highest BCUT2D eigenvalue weighted by molar-refractivity contribution is 7.53. The number of rotatable bonds is 3. The fourth-order valence-electron chi connectivity index (χ4n) is 1.30. The molecule has 0 aromatic carbocycles. The first-order valence-electron chi connectivity index (χ1n) is 4.36. The van der Waals surface area contributed by atoms with Gasteiger partial charge in [-0.15, -0.1) is 0 Å². The number of nitrogens with two attached hydrogens (primary N) is 2. The van der Waals surface area contributed by atoms with Gasteiger partial charge in [0.25, 0.3) is 0 Å². The van der Waals surface area contributed by atoms with Gasteiger partial charge in [-0.1, -0.05) is 0 Å². The van der Waals surface area contributed by atoms with Crippen LogP contribution < -0.4 is 11.5 Å². The molecule has 1 fully saturated rings. The summed E-state index contributed by atoms with van der Waals surface area (Å²) in [6, 6.07) is -0.682. The van der Waals surface area contributed by atoms with E-state index in [1.165, 1.54) is 0 Å². The fourth-order valence-corrected chi connectivity index (χ4v) is 1.67. The monoisotopic (exact) mass is 243 g/mol. The maximum Gasteiger partial charge on any atom is 0.567 e. The van der Waals surface area contributed by atoms with Crippen molar-refractivity contribution in [3.63, 3.8) is 0 Å². The van der Waals surface area contributed by atoms with Crippen LogP contribution in [-0.2, 0) is 9.26 Å². The van der Waals surface area contributed by atoms with Crippen molar-refractivity contribution in [2.75, 3.05) is 6.61 Å². The molecule has 15 heavy (non-hydrogen) atoms. The van der Waals surface area contributed by atoms with Crippen LogP contribution in [-0.4, -0.2) is 50.9 Å². The lowest BCUT2D eigenvalue weighted by atomic mass is 10.0. The van der Waals surface area contributed by atoms with Crippen LogP contribution in [0.1, 0.15) is 6.42 Å². The Labute approximate surface area is 87.1 Å². The van der Waals surface area contributed by atoms with Crippen LogP contribution in [0.3, 0.4) is 0 Å². The molecule has 8 nitrogen and oxygen atoms in total. The average molecular weight is 243 g/mol. The molecule has 90 valence electrons. The van der Waals surface area contributed by atoms with Gasteiger partial charge in [0.05, 0.1) is 18.2 Å². The van der Waals surface area contributed by atoms with E-state index in [0.717, 1.165) is 0 Å². The summed E-state index contributed by atoms with van der Waals surface area (Å²) in [5, 5.41) is 9.43. The van der Waals surface area contributed by atoms with Gasteiger partial charge in [0.1, 0.15) is 12.8 Å². The number of hydrogen-bond donors (Lipinski definition) is 6. The van der Waals surface area contributed by atoms with Gasteiger partial charge in [-0.3, -0.25) is 0 Å². The molecule has 8 N–H and O–H groups in total. The summed E-state index contributed by atoms with van der Waals surface area (Å²) in [5.41, 5.74) is 10.9. The molecule has 0 bridgehead atoms. The first kappa shape index (κ1) is 13.2. The van der Waals surface area contributed by atoms with Crippen LogP contribution in [0.15, 0.2) is 0 Å². The molecule has 0 aromatic heterocycles. The molecule has 1 heterocycles. The molecule has 0 radical (unpaired) electrons. The number of aliphatic hydroxyl groups excluding tert-OH is 1. The van der Waals surface area contributed by atoms with E-state index in [2.05, 4.69) is 4.52 Å². The van der Waals surface area contributed by atoms with Crippen molar-refractivity contribution in [2.45, 2.75) is 30.9 Å². The standard InChI is InChI=1S/C6H16N2O6P/c7-5-4(9)1-3(14-6(5)8)2-13-15(10,11)12/h3-6,9-12H,1-2,7-8H2/q+1. The second-order valence-corrected chi connectivity index (χ2v) is 4.70. The lowest BCUT2D eigenvalue weighted by Gasteiger charge is -2.35. The Balaban J connectivity index is 2.38. The van der Waals surface area contributed by atoms with Gasteiger partial charge < -0.3 is 21.3 Å². The van der Waals surface area contributed by atoms with Crippen LogP contribution in [0, 0.1) is 0 Å². The van der Waals surface area contributed by atoms with Crippen LogP contribution in [0.4, 0.5) is 0 Å². The van der Waals surface area contributed by atoms with Crippen molar-refractivity contribution in [2.24, 2.45) is 11.5 Å². The predicted molar refractivity (Wildman–Crippen MR) is 51.0 cm³/mol. The van der Waals surface area contributed by atoms with Gasteiger partial charge in [-0.05, 0) is 0 Å². The number of aliphatic hydroxyl groups is 1. The molecule has 1 saturated heterocycles. The first-order valence-corrected chi connectivity index (χ1v) is 5.92. The molecule has 9 heteroatoms. The van der Waals surface area contributed by atoms with Gasteiger partial charge >= 0.3 is 8.17 Å². The van der Waals surface area contributed by atoms with E-state index in [-0.39, 0.29) is 13.0 Å². The maximum atomic E-state index is 9.43. The minimum atomic E-state index is -4.27. The van der Waals surface area contributed by atoms with Crippen molar-refractivity contribution in [1.29, 1.82) is 0 Å². The van der Waals surface area contributed by atoms with Crippen LogP contribution >= 0.6 is 8.17 Å². The summed E-state index contributed by atoms with van der Waals surface area (Å²) in [4.78, 5) is 25.7. The molecule has 4 unspecified atom stereocenters. The predicted octanol–water partition coefficient (Wildman–Crippen LogP) is -2.58. The van der Waals surface area contributed by atoms with E-state index < -0.39 is 32.6 Å². The lowest BCUT2D eigenvalue weighted by molar-refractivity contribution is -0.120. The van der Waals surface area contributed by atoms with Crippen molar-refractivity contribution in [1.82, 2.24) is 0 Å². The Morgan fingerprint density at radius 3 is 2.40 bits per heavy atom. The van der Waals surface area contributed by atoms with E-state index in [1.807, 2.05) is 0 Å². The summed E-state index contributed by atoms with van der Waals surface area (Å²) >= 11 is 0. The quantitative estimate of drug-likeness (QED) is 0.296. The zero-order chi connectivity index (χ0) is 11.6. The first-order chi connectivity index (χ1) is 6.79. The van der Waals surface area contributed by atoms with Gasteiger partial charge in [-0.2, -0.15) is 19.2 Å². The van der Waals surface area contributed by atoms with Crippen molar-refractivity contribution in [3.05, 3.63) is 0 Å². The molecule has 0 amide bonds. The average Bonchev–Trinajstić information content (AvgIpc) is 2.09. The highest BCUT2D eigenvalue weighted by Crippen LogP contribution is 2.46. The Bertz CT molecular complexity index is 200. The summed E-state index contributed by atoms with van der Waals surface area (Å²) < 4.78 is 9.46. The lowest BCUT2D eigenvalue weighted by Crippen LogP contribution is -2.57. The van der Waals surface area contributed by atoms with Gasteiger partial charge in [0, 0.05) is 6.42 Å². The summed E-state index contributed by atoms with van der Waals surface area (Å²) in [5.74, 6) is 0. The third-order valence-electron chi connectivity index (χ3n) is 2.11. The maximum absolute atomic E-state index is 9.43. The van der Waals surface area contributed by atoms with Gasteiger partial charge in [0.15, 0.2) is 0 Å². The fraction of sp³-hybridized carbons (Fsp3) is 1.00. The van der Waals surface area contributed by atoms with Crippen LogP contribution in [0.2, 0.25) is 0 Å². The van der Waals surface area contributed by atoms with Gasteiger partial charge in [-0.25, -0.2) is 0 Å². The second-order valence-electron chi connectivity index (χ2n) is 3.41. The second kappa shape index (κ2) is 4.96.